The Bertz CT molecular complexity index is 379. The van der Waals surface area contributed by atoms with Crippen LogP contribution in [0.1, 0.15) is 5.69 Å². The van der Waals surface area contributed by atoms with Gasteiger partial charge in [0.25, 0.3) is 0 Å². The Hall–Kier alpha value is -1.36. The fraction of sp³-hybridized carbons (Fsp3) is 0.333. The SMILES string of the molecule is Cn1cnc(CCNc2nccs2)c1. The highest BCUT2D eigenvalue weighted by Crippen LogP contribution is 2.09. The molecule has 2 rings (SSSR count). The van der Waals surface area contributed by atoms with E-state index in [1.807, 2.05) is 29.5 Å². The first-order valence-electron chi connectivity index (χ1n) is 4.45. The Morgan fingerprint density at radius 3 is 3.07 bits per heavy atom. The number of aromatic nitrogens is 3. The van der Waals surface area contributed by atoms with E-state index < -0.39 is 0 Å². The number of thiazole rings is 1. The van der Waals surface area contributed by atoms with Crippen molar-refractivity contribution < 1.29 is 0 Å². The summed E-state index contributed by atoms with van der Waals surface area (Å²) in [6.45, 7) is 0.879. The van der Waals surface area contributed by atoms with Crippen LogP contribution in [-0.4, -0.2) is 21.1 Å². The molecule has 5 heteroatoms. The van der Waals surface area contributed by atoms with Crippen molar-refractivity contribution in [3.8, 4) is 0 Å². The molecule has 1 N–H and O–H groups in total. The topological polar surface area (TPSA) is 42.7 Å². The number of hydrogen-bond donors (Lipinski definition) is 1. The van der Waals surface area contributed by atoms with Gasteiger partial charge in [0, 0.05) is 37.8 Å². The molecule has 2 aromatic heterocycles. The van der Waals surface area contributed by atoms with Crippen molar-refractivity contribution in [2.45, 2.75) is 6.42 Å². The molecule has 4 nitrogen and oxygen atoms in total. The van der Waals surface area contributed by atoms with Gasteiger partial charge >= 0.3 is 0 Å². The van der Waals surface area contributed by atoms with Gasteiger partial charge in [-0.1, -0.05) is 0 Å². The van der Waals surface area contributed by atoms with Gasteiger partial charge in [-0.2, -0.15) is 0 Å². The molecule has 0 atom stereocenters. The molecule has 2 aromatic rings. The molecular weight excluding hydrogens is 196 g/mol. The second-order valence-corrected chi connectivity index (χ2v) is 3.94. The first-order valence-corrected chi connectivity index (χ1v) is 5.33. The third-order valence-electron chi connectivity index (χ3n) is 1.85. The standard InChI is InChI=1S/C9H12N4S/c1-13-6-8(12-7-13)2-3-10-9-11-4-5-14-9/h4-7H,2-3H2,1H3,(H,10,11). The lowest BCUT2D eigenvalue weighted by Gasteiger charge is -1.99. The van der Waals surface area contributed by atoms with Crippen LogP contribution in [0.15, 0.2) is 24.1 Å². The minimum Gasteiger partial charge on any atom is -0.361 e. The molecule has 0 aliphatic rings. The van der Waals surface area contributed by atoms with E-state index in [0.29, 0.717) is 0 Å². The van der Waals surface area contributed by atoms with E-state index in [0.717, 1.165) is 23.8 Å². The summed E-state index contributed by atoms with van der Waals surface area (Å²) in [5, 5.41) is 6.18. The Balaban J connectivity index is 1.78. The van der Waals surface area contributed by atoms with Gasteiger partial charge in [0.1, 0.15) is 0 Å². The molecule has 0 saturated carbocycles. The number of aryl methyl sites for hydroxylation is 1. The minimum atomic E-state index is 0.879. The molecule has 0 radical (unpaired) electrons. The highest BCUT2D eigenvalue weighted by molar-refractivity contribution is 7.13. The average molecular weight is 208 g/mol. The monoisotopic (exact) mass is 208 g/mol. The maximum Gasteiger partial charge on any atom is 0.182 e. The molecule has 74 valence electrons. The van der Waals surface area contributed by atoms with Crippen LogP contribution in [0.4, 0.5) is 5.13 Å². The average Bonchev–Trinajstić information content (AvgIpc) is 2.77. The third-order valence-corrected chi connectivity index (χ3v) is 2.58. The number of nitrogens with zero attached hydrogens (tertiary/aromatic N) is 3. The molecule has 0 aliphatic heterocycles. The van der Waals surface area contributed by atoms with E-state index in [9.17, 15) is 0 Å². The van der Waals surface area contributed by atoms with Crippen LogP contribution >= 0.6 is 11.3 Å². The maximum absolute atomic E-state index is 4.24. The van der Waals surface area contributed by atoms with E-state index >= 15 is 0 Å². The zero-order valence-corrected chi connectivity index (χ0v) is 8.79. The van der Waals surface area contributed by atoms with Crippen molar-refractivity contribution >= 4 is 16.5 Å². The third kappa shape index (κ3) is 2.32. The summed E-state index contributed by atoms with van der Waals surface area (Å²) < 4.78 is 1.96. The van der Waals surface area contributed by atoms with Gasteiger partial charge < -0.3 is 9.88 Å². The molecule has 0 aromatic carbocycles. The van der Waals surface area contributed by atoms with Gasteiger partial charge in [0.2, 0.25) is 0 Å². The van der Waals surface area contributed by atoms with Crippen LogP contribution < -0.4 is 5.32 Å². The second-order valence-electron chi connectivity index (χ2n) is 3.04. The van der Waals surface area contributed by atoms with E-state index in [2.05, 4.69) is 15.3 Å². The van der Waals surface area contributed by atoms with Crippen LogP contribution in [-0.2, 0) is 13.5 Å². The summed E-state index contributed by atoms with van der Waals surface area (Å²) >= 11 is 1.62. The van der Waals surface area contributed by atoms with E-state index in [-0.39, 0.29) is 0 Å². The molecule has 0 amide bonds. The largest absolute Gasteiger partial charge is 0.361 e. The molecule has 0 fully saturated rings. The zero-order valence-electron chi connectivity index (χ0n) is 7.97. The van der Waals surface area contributed by atoms with Crippen LogP contribution in [0.25, 0.3) is 0 Å². The lowest BCUT2D eigenvalue weighted by molar-refractivity contribution is 0.910. The van der Waals surface area contributed by atoms with Crippen LogP contribution in [0.2, 0.25) is 0 Å². The Kier molecular flexibility index (Phi) is 2.78. The molecule has 0 saturated heterocycles. The first kappa shape index (κ1) is 9.21. The zero-order chi connectivity index (χ0) is 9.80. The molecule has 0 aliphatic carbocycles. The number of nitrogens with one attached hydrogen (secondary N) is 1. The normalized spacial score (nSPS) is 10.4. The number of rotatable bonds is 4. The Morgan fingerprint density at radius 2 is 2.43 bits per heavy atom. The molecular formula is C9H12N4S. The highest BCUT2D eigenvalue weighted by atomic mass is 32.1. The second kappa shape index (κ2) is 4.23. The summed E-state index contributed by atoms with van der Waals surface area (Å²) in [5.74, 6) is 0. The van der Waals surface area contributed by atoms with Gasteiger partial charge in [0.05, 0.1) is 12.0 Å². The summed E-state index contributed by atoms with van der Waals surface area (Å²) in [5.41, 5.74) is 1.11. The lowest BCUT2D eigenvalue weighted by atomic mass is 10.3. The molecule has 2 heterocycles. The van der Waals surface area contributed by atoms with Gasteiger partial charge in [-0.3, -0.25) is 0 Å². The molecule has 0 spiro atoms. The molecule has 14 heavy (non-hydrogen) atoms. The smallest absolute Gasteiger partial charge is 0.182 e. The summed E-state index contributed by atoms with van der Waals surface area (Å²) in [7, 11) is 1.98. The van der Waals surface area contributed by atoms with Gasteiger partial charge in [-0.05, 0) is 0 Å². The fourth-order valence-electron chi connectivity index (χ4n) is 1.20. The fourth-order valence-corrected chi connectivity index (χ4v) is 1.76. The summed E-state index contributed by atoms with van der Waals surface area (Å²) in [4.78, 5) is 8.37. The van der Waals surface area contributed by atoms with Gasteiger partial charge in [-0.25, -0.2) is 9.97 Å². The summed E-state index contributed by atoms with van der Waals surface area (Å²) in [6.07, 6.45) is 6.58. The van der Waals surface area contributed by atoms with E-state index in [4.69, 9.17) is 0 Å². The quantitative estimate of drug-likeness (QED) is 0.828. The van der Waals surface area contributed by atoms with E-state index in [1.54, 1.807) is 17.5 Å². The van der Waals surface area contributed by atoms with Crippen LogP contribution in [0.5, 0.6) is 0 Å². The number of anilines is 1. The van der Waals surface area contributed by atoms with Gasteiger partial charge in [-0.15, -0.1) is 11.3 Å². The molecule has 0 unspecified atom stereocenters. The van der Waals surface area contributed by atoms with Crippen molar-refractivity contribution in [2.24, 2.45) is 7.05 Å². The number of hydrogen-bond acceptors (Lipinski definition) is 4. The minimum absolute atomic E-state index is 0.879. The highest BCUT2D eigenvalue weighted by Gasteiger charge is 1.97. The lowest BCUT2D eigenvalue weighted by Crippen LogP contribution is -2.04. The number of imidazole rings is 1. The van der Waals surface area contributed by atoms with Crippen molar-refractivity contribution in [3.63, 3.8) is 0 Å². The van der Waals surface area contributed by atoms with Crippen LogP contribution in [0.3, 0.4) is 0 Å². The molecule has 0 bridgehead atoms. The van der Waals surface area contributed by atoms with Crippen molar-refractivity contribution in [2.75, 3.05) is 11.9 Å². The predicted octanol–water partition coefficient (Wildman–Crippen LogP) is 1.53. The van der Waals surface area contributed by atoms with Crippen molar-refractivity contribution in [3.05, 3.63) is 29.8 Å². The van der Waals surface area contributed by atoms with E-state index in [1.165, 1.54) is 0 Å². The van der Waals surface area contributed by atoms with Crippen molar-refractivity contribution in [1.82, 2.24) is 14.5 Å². The van der Waals surface area contributed by atoms with Gasteiger partial charge in [0.15, 0.2) is 5.13 Å². The predicted molar refractivity (Wildman–Crippen MR) is 57.5 cm³/mol. The summed E-state index contributed by atoms with van der Waals surface area (Å²) in [6, 6.07) is 0. The maximum atomic E-state index is 4.24. The first-order chi connectivity index (χ1) is 6.84. The Labute approximate surface area is 86.6 Å². The van der Waals surface area contributed by atoms with Crippen LogP contribution in [0, 0.1) is 0 Å². The van der Waals surface area contributed by atoms with Crippen molar-refractivity contribution in [1.29, 1.82) is 0 Å². The Morgan fingerprint density at radius 1 is 1.50 bits per heavy atom.